The van der Waals surface area contributed by atoms with Crippen LogP contribution in [0.5, 0.6) is 0 Å². The molecular formula is C13H16NO2. The van der Waals surface area contributed by atoms with Gasteiger partial charge in [0.05, 0.1) is 0 Å². The quantitative estimate of drug-likeness (QED) is 0.790. The van der Waals surface area contributed by atoms with E-state index in [1.54, 1.807) is 12.1 Å². The van der Waals surface area contributed by atoms with E-state index in [9.17, 15) is 9.90 Å². The monoisotopic (exact) mass is 218 g/mol. The zero-order valence-corrected chi connectivity index (χ0v) is 9.24. The smallest absolute Gasteiger partial charge is 0.191 e. The van der Waals surface area contributed by atoms with Crippen LogP contribution in [-0.4, -0.2) is 18.4 Å². The SMILES string of the molecule is [O]CC(=O)c1ccc(NC2CCCC2)cc1. The van der Waals surface area contributed by atoms with Crippen molar-refractivity contribution in [1.82, 2.24) is 0 Å². The first-order chi connectivity index (χ1) is 7.79. The van der Waals surface area contributed by atoms with E-state index in [-0.39, 0.29) is 5.78 Å². The average molecular weight is 218 g/mol. The van der Waals surface area contributed by atoms with Crippen molar-refractivity contribution >= 4 is 11.5 Å². The molecule has 1 aromatic rings. The Bertz CT molecular complexity index is 353. The topological polar surface area (TPSA) is 49.0 Å². The van der Waals surface area contributed by atoms with Gasteiger partial charge < -0.3 is 5.32 Å². The normalized spacial score (nSPS) is 16.3. The van der Waals surface area contributed by atoms with Crippen LogP contribution in [0.1, 0.15) is 36.0 Å². The van der Waals surface area contributed by atoms with Gasteiger partial charge >= 0.3 is 0 Å². The Hall–Kier alpha value is -1.35. The molecule has 0 unspecified atom stereocenters. The summed E-state index contributed by atoms with van der Waals surface area (Å²) in [5.41, 5.74) is 1.54. The highest BCUT2D eigenvalue weighted by molar-refractivity contribution is 5.97. The molecule has 3 heteroatoms. The number of nitrogens with one attached hydrogen (secondary N) is 1. The summed E-state index contributed by atoms with van der Waals surface area (Å²) in [4.78, 5) is 11.1. The van der Waals surface area contributed by atoms with Gasteiger partial charge in [0.15, 0.2) is 5.78 Å². The Morgan fingerprint density at radius 1 is 1.19 bits per heavy atom. The minimum Gasteiger partial charge on any atom is -0.382 e. The summed E-state index contributed by atoms with van der Waals surface area (Å²) in [6.45, 7) is -0.671. The summed E-state index contributed by atoms with van der Waals surface area (Å²) in [5, 5.41) is 13.9. The maximum atomic E-state index is 11.1. The third-order valence-corrected chi connectivity index (χ3v) is 3.06. The van der Waals surface area contributed by atoms with Crippen molar-refractivity contribution in [2.75, 3.05) is 11.9 Å². The lowest BCUT2D eigenvalue weighted by molar-refractivity contribution is 0.0827. The summed E-state index contributed by atoms with van der Waals surface area (Å²) in [6.07, 6.45) is 5.04. The van der Waals surface area contributed by atoms with Crippen LogP contribution in [0.15, 0.2) is 24.3 Å². The molecule has 0 aromatic heterocycles. The Morgan fingerprint density at radius 2 is 1.81 bits per heavy atom. The highest BCUT2D eigenvalue weighted by Crippen LogP contribution is 2.22. The van der Waals surface area contributed by atoms with Crippen molar-refractivity contribution in [3.05, 3.63) is 29.8 Å². The first kappa shape index (κ1) is 11.1. The molecular weight excluding hydrogens is 202 g/mol. The van der Waals surface area contributed by atoms with E-state index in [0.29, 0.717) is 11.6 Å². The van der Waals surface area contributed by atoms with Crippen LogP contribution in [0.3, 0.4) is 0 Å². The van der Waals surface area contributed by atoms with Crippen LogP contribution >= 0.6 is 0 Å². The number of ketones is 1. The molecule has 3 nitrogen and oxygen atoms in total. The van der Waals surface area contributed by atoms with Gasteiger partial charge in [0.25, 0.3) is 0 Å². The van der Waals surface area contributed by atoms with Crippen molar-refractivity contribution in [3.63, 3.8) is 0 Å². The molecule has 2 rings (SSSR count). The number of anilines is 1. The Labute approximate surface area is 95.5 Å². The molecule has 0 saturated heterocycles. The van der Waals surface area contributed by atoms with Gasteiger partial charge in [-0.3, -0.25) is 4.79 Å². The lowest BCUT2D eigenvalue weighted by atomic mass is 10.1. The lowest BCUT2D eigenvalue weighted by Gasteiger charge is -2.13. The van der Waals surface area contributed by atoms with Gasteiger partial charge in [0.2, 0.25) is 0 Å². The van der Waals surface area contributed by atoms with Gasteiger partial charge in [-0.05, 0) is 37.1 Å². The summed E-state index contributed by atoms with van der Waals surface area (Å²) < 4.78 is 0. The fraction of sp³-hybridized carbons (Fsp3) is 0.462. The van der Waals surface area contributed by atoms with Crippen LogP contribution in [0.4, 0.5) is 5.69 Å². The van der Waals surface area contributed by atoms with Crippen molar-refractivity contribution in [1.29, 1.82) is 0 Å². The molecule has 1 N–H and O–H groups in total. The van der Waals surface area contributed by atoms with E-state index in [4.69, 9.17) is 0 Å². The molecule has 85 valence electrons. The molecule has 1 aliphatic carbocycles. The Kier molecular flexibility index (Phi) is 3.57. The molecule has 1 aromatic carbocycles. The highest BCUT2D eigenvalue weighted by atomic mass is 16.3. The first-order valence-corrected chi connectivity index (χ1v) is 5.77. The molecule has 0 aliphatic heterocycles. The van der Waals surface area contributed by atoms with E-state index < -0.39 is 6.61 Å². The minimum absolute atomic E-state index is 0.340. The molecule has 0 atom stereocenters. The zero-order valence-electron chi connectivity index (χ0n) is 9.24. The number of carbonyl (C=O) groups excluding carboxylic acids is 1. The second-order valence-electron chi connectivity index (χ2n) is 4.27. The second-order valence-corrected chi connectivity index (χ2v) is 4.27. The van der Waals surface area contributed by atoms with Crippen molar-refractivity contribution in [3.8, 4) is 0 Å². The number of Topliss-reactive ketones (excluding diaryl/α,β-unsaturated/α-hetero) is 1. The Morgan fingerprint density at radius 3 is 2.38 bits per heavy atom. The van der Waals surface area contributed by atoms with Gasteiger partial charge in [-0.25, -0.2) is 5.11 Å². The van der Waals surface area contributed by atoms with Crippen molar-refractivity contribution in [2.45, 2.75) is 31.7 Å². The fourth-order valence-electron chi connectivity index (χ4n) is 2.14. The van der Waals surface area contributed by atoms with E-state index in [1.807, 2.05) is 12.1 Å². The molecule has 0 amide bonds. The van der Waals surface area contributed by atoms with Crippen molar-refractivity contribution < 1.29 is 9.90 Å². The second kappa shape index (κ2) is 5.12. The molecule has 1 saturated carbocycles. The third-order valence-electron chi connectivity index (χ3n) is 3.06. The van der Waals surface area contributed by atoms with Gasteiger partial charge in [0, 0.05) is 17.3 Å². The number of benzene rings is 1. The van der Waals surface area contributed by atoms with Crippen LogP contribution in [0.2, 0.25) is 0 Å². The number of hydrogen-bond acceptors (Lipinski definition) is 2. The van der Waals surface area contributed by atoms with Crippen LogP contribution in [0, 0.1) is 0 Å². The van der Waals surface area contributed by atoms with Gasteiger partial charge in [0.1, 0.15) is 6.61 Å². The number of rotatable bonds is 4. The van der Waals surface area contributed by atoms with E-state index in [0.717, 1.165) is 5.69 Å². The molecule has 1 fully saturated rings. The average Bonchev–Trinajstić information content (AvgIpc) is 2.82. The zero-order chi connectivity index (χ0) is 11.4. The molecule has 1 radical (unpaired) electrons. The highest BCUT2D eigenvalue weighted by Gasteiger charge is 2.14. The molecule has 0 heterocycles. The van der Waals surface area contributed by atoms with E-state index in [2.05, 4.69) is 5.32 Å². The summed E-state index contributed by atoms with van der Waals surface area (Å²) in [5.74, 6) is -0.340. The first-order valence-electron chi connectivity index (χ1n) is 5.77. The van der Waals surface area contributed by atoms with E-state index in [1.165, 1.54) is 25.7 Å². The molecule has 0 bridgehead atoms. The molecule has 0 spiro atoms. The summed E-state index contributed by atoms with van der Waals surface area (Å²) in [7, 11) is 0. The standard InChI is InChI=1S/C13H16NO2/c15-9-13(16)10-5-7-12(8-6-10)14-11-3-1-2-4-11/h5-8,11,14H,1-4,9H2. The Balaban J connectivity index is 1.98. The van der Waals surface area contributed by atoms with Crippen LogP contribution in [-0.2, 0) is 5.11 Å². The van der Waals surface area contributed by atoms with Crippen molar-refractivity contribution in [2.24, 2.45) is 0 Å². The number of hydrogen-bond donors (Lipinski definition) is 1. The third kappa shape index (κ3) is 2.61. The fourth-order valence-corrected chi connectivity index (χ4v) is 2.14. The van der Waals surface area contributed by atoms with Gasteiger partial charge in [-0.15, -0.1) is 0 Å². The summed E-state index contributed by atoms with van der Waals surface area (Å²) in [6, 6.07) is 7.76. The van der Waals surface area contributed by atoms with Crippen LogP contribution in [0.25, 0.3) is 0 Å². The molecule has 16 heavy (non-hydrogen) atoms. The summed E-state index contributed by atoms with van der Waals surface area (Å²) >= 11 is 0. The van der Waals surface area contributed by atoms with Gasteiger partial charge in [-0.2, -0.15) is 0 Å². The van der Waals surface area contributed by atoms with Gasteiger partial charge in [-0.1, -0.05) is 12.8 Å². The minimum atomic E-state index is -0.671. The number of carbonyl (C=O) groups is 1. The molecule has 1 aliphatic rings. The maximum absolute atomic E-state index is 11.1. The lowest BCUT2D eigenvalue weighted by Crippen LogP contribution is -2.14. The predicted octanol–water partition coefficient (Wildman–Crippen LogP) is 2.65. The van der Waals surface area contributed by atoms with Crippen LogP contribution < -0.4 is 5.32 Å². The van der Waals surface area contributed by atoms with E-state index >= 15 is 0 Å². The maximum Gasteiger partial charge on any atom is 0.191 e. The largest absolute Gasteiger partial charge is 0.382 e. The predicted molar refractivity (Wildman–Crippen MR) is 62.2 cm³/mol.